The number of aromatic nitrogens is 2. The minimum Gasteiger partial charge on any atom is -0.490 e. The maximum absolute atomic E-state index is 6.15. The van der Waals surface area contributed by atoms with Gasteiger partial charge in [-0.05, 0) is 31.5 Å². The molecular weight excluding hydrogens is 274 g/mol. The molecule has 0 radical (unpaired) electrons. The molecule has 1 aliphatic rings. The van der Waals surface area contributed by atoms with Crippen molar-refractivity contribution >= 4 is 11.6 Å². The zero-order valence-corrected chi connectivity index (χ0v) is 11.8. The predicted octanol–water partition coefficient (Wildman–Crippen LogP) is 2.93. The molecule has 1 fully saturated rings. The first-order valence-electron chi connectivity index (χ1n) is 6.75. The summed E-state index contributed by atoms with van der Waals surface area (Å²) < 4.78 is 5.80. The second-order valence-corrected chi connectivity index (χ2v) is 5.21. The lowest BCUT2D eigenvalue weighted by Gasteiger charge is -2.13. The summed E-state index contributed by atoms with van der Waals surface area (Å²) in [7, 11) is 0. The normalized spacial score (nSPS) is 18.1. The molecule has 1 N–H and O–H groups in total. The van der Waals surface area contributed by atoms with Gasteiger partial charge in [0.05, 0.1) is 6.20 Å². The average Bonchev–Trinajstić information content (AvgIpc) is 3.01. The summed E-state index contributed by atoms with van der Waals surface area (Å²) in [5.41, 5.74) is 1.78. The maximum Gasteiger partial charge on any atom is 0.138 e. The van der Waals surface area contributed by atoms with E-state index < -0.39 is 0 Å². The van der Waals surface area contributed by atoms with Gasteiger partial charge in [0.1, 0.15) is 17.5 Å². The highest BCUT2D eigenvalue weighted by Crippen LogP contribution is 2.29. The van der Waals surface area contributed by atoms with E-state index in [1.165, 1.54) is 6.42 Å². The lowest BCUT2D eigenvalue weighted by Crippen LogP contribution is -2.28. The summed E-state index contributed by atoms with van der Waals surface area (Å²) in [6, 6.07) is 6.19. The SMILES string of the molecule is Clc1ncc(OCC2CCCN2)cc1-c1cccnc1. The Kier molecular flexibility index (Phi) is 4.14. The van der Waals surface area contributed by atoms with Gasteiger partial charge < -0.3 is 10.1 Å². The summed E-state index contributed by atoms with van der Waals surface area (Å²) >= 11 is 6.15. The molecule has 0 saturated carbocycles. The van der Waals surface area contributed by atoms with E-state index in [1.54, 1.807) is 18.6 Å². The van der Waals surface area contributed by atoms with E-state index in [2.05, 4.69) is 15.3 Å². The molecule has 0 spiro atoms. The van der Waals surface area contributed by atoms with Crippen LogP contribution < -0.4 is 10.1 Å². The summed E-state index contributed by atoms with van der Waals surface area (Å²) in [5.74, 6) is 0.738. The highest BCUT2D eigenvalue weighted by molar-refractivity contribution is 6.32. The molecule has 0 aliphatic carbocycles. The van der Waals surface area contributed by atoms with Crippen LogP contribution in [0.1, 0.15) is 12.8 Å². The lowest BCUT2D eigenvalue weighted by molar-refractivity contribution is 0.276. The van der Waals surface area contributed by atoms with Crippen molar-refractivity contribution in [2.45, 2.75) is 18.9 Å². The molecule has 1 unspecified atom stereocenters. The fraction of sp³-hybridized carbons (Fsp3) is 0.333. The standard InChI is InChI=1S/C15H16ClN3O/c16-15-14(11-3-1-5-17-8-11)7-13(9-19-15)20-10-12-4-2-6-18-12/h1,3,5,7-9,12,18H,2,4,6,10H2. The molecule has 104 valence electrons. The third-order valence-electron chi connectivity index (χ3n) is 3.40. The average molecular weight is 290 g/mol. The largest absolute Gasteiger partial charge is 0.490 e. The maximum atomic E-state index is 6.15. The second-order valence-electron chi connectivity index (χ2n) is 4.86. The molecule has 0 amide bonds. The highest BCUT2D eigenvalue weighted by Gasteiger charge is 2.15. The minimum atomic E-state index is 0.438. The van der Waals surface area contributed by atoms with E-state index in [0.717, 1.165) is 29.8 Å². The smallest absolute Gasteiger partial charge is 0.138 e. The number of nitrogens with one attached hydrogen (secondary N) is 1. The molecule has 1 saturated heterocycles. The third-order valence-corrected chi connectivity index (χ3v) is 3.70. The summed E-state index contributed by atoms with van der Waals surface area (Å²) in [6.45, 7) is 1.74. The van der Waals surface area contributed by atoms with E-state index in [4.69, 9.17) is 16.3 Å². The van der Waals surface area contributed by atoms with Crippen molar-refractivity contribution in [3.8, 4) is 16.9 Å². The van der Waals surface area contributed by atoms with Gasteiger partial charge in [-0.25, -0.2) is 4.98 Å². The van der Waals surface area contributed by atoms with Crippen LogP contribution in [0.5, 0.6) is 5.75 Å². The van der Waals surface area contributed by atoms with Crippen molar-refractivity contribution in [2.24, 2.45) is 0 Å². The monoisotopic (exact) mass is 289 g/mol. The Morgan fingerprint density at radius 2 is 2.35 bits per heavy atom. The van der Waals surface area contributed by atoms with Crippen molar-refractivity contribution in [3.05, 3.63) is 41.9 Å². The molecule has 2 aromatic rings. The zero-order valence-electron chi connectivity index (χ0n) is 11.1. The number of halogens is 1. The lowest BCUT2D eigenvalue weighted by atomic mass is 10.1. The van der Waals surface area contributed by atoms with Crippen LogP contribution in [0.25, 0.3) is 11.1 Å². The topological polar surface area (TPSA) is 47.0 Å². The molecule has 3 heterocycles. The number of hydrogen-bond acceptors (Lipinski definition) is 4. The number of pyridine rings is 2. The van der Waals surface area contributed by atoms with Crippen molar-refractivity contribution in [2.75, 3.05) is 13.2 Å². The van der Waals surface area contributed by atoms with Crippen LogP contribution >= 0.6 is 11.6 Å². The van der Waals surface area contributed by atoms with Gasteiger partial charge in [-0.15, -0.1) is 0 Å². The molecule has 3 rings (SSSR count). The molecule has 20 heavy (non-hydrogen) atoms. The Morgan fingerprint density at radius 3 is 3.10 bits per heavy atom. The fourth-order valence-electron chi connectivity index (χ4n) is 2.33. The van der Waals surface area contributed by atoms with E-state index in [-0.39, 0.29) is 0 Å². The summed E-state index contributed by atoms with van der Waals surface area (Å²) in [6.07, 6.45) is 7.55. The van der Waals surface area contributed by atoms with E-state index in [9.17, 15) is 0 Å². The first kappa shape index (κ1) is 13.3. The first-order chi connectivity index (χ1) is 9.83. The van der Waals surface area contributed by atoms with Crippen LogP contribution in [-0.4, -0.2) is 29.2 Å². The van der Waals surface area contributed by atoms with Gasteiger partial charge in [-0.1, -0.05) is 17.7 Å². The first-order valence-corrected chi connectivity index (χ1v) is 7.13. The number of rotatable bonds is 4. The van der Waals surface area contributed by atoms with E-state index in [0.29, 0.717) is 17.8 Å². The van der Waals surface area contributed by atoms with Gasteiger partial charge in [0, 0.05) is 29.6 Å². The third kappa shape index (κ3) is 3.08. The zero-order chi connectivity index (χ0) is 13.8. The van der Waals surface area contributed by atoms with Gasteiger partial charge >= 0.3 is 0 Å². The molecule has 2 aromatic heterocycles. The highest BCUT2D eigenvalue weighted by atomic mass is 35.5. The summed E-state index contributed by atoms with van der Waals surface area (Å²) in [5, 5.41) is 3.87. The molecule has 0 bridgehead atoms. The molecule has 4 nitrogen and oxygen atoms in total. The van der Waals surface area contributed by atoms with Gasteiger partial charge in [0.2, 0.25) is 0 Å². The van der Waals surface area contributed by atoms with E-state index >= 15 is 0 Å². The van der Waals surface area contributed by atoms with Gasteiger partial charge in [0.15, 0.2) is 0 Å². The molecule has 1 aliphatic heterocycles. The van der Waals surface area contributed by atoms with Gasteiger partial charge in [-0.2, -0.15) is 0 Å². The van der Waals surface area contributed by atoms with Crippen LogP contribution in [0.2, 0.25) is 5.15 Å². The number of hydrogen-bond donors (Lipinski definition) is 1. The van der Waals surface area contributed by atoms with Crippen LogP contribution in [0.4, 0.5) is 0 Å². The minimum absolute atomic E-state index is 0.438. The van der Waals surface area contributed by atoms with Crippen molar-refractivity contribution in [1.29, 1.82) is 0 Å². The van der Waals surface area contributed by atoms with E-state index in [1.807, 2.05) is 18.2 Å². The molecule has 0 aromatic carbocycles. The van der Waals surface area contributed by atoms with Crippen molar-refractivity contribution < 1.29 is 4.74 Å². The molecule has 1 atom stereocenters. The Hall–Kier alpha value is -1.65. The second kappa shape index (κ2) is 6.20. The Bertz CT molecular complexity index is 571. The predicted molar refractivity (Wildman–Crippen MR) is 79.0 cm³/mol. The van der Waals surface area contributed by atoms with Gasteiger partial charge in [-0.3, -0.25) is 4.98 Å². The van der Waals surface area contributed by atoms with Gasteiger partial charge in [0.25, 0.3) is 0 Å². The van der Waals surface area contributed by atoms with Crippen LogP contribution in [0, 0.1) is 0 Å². The Morgan fingerprint density at radius 1 is 1.40 bits per heavy atom. The Balaban J connectivity index is 1.76. The number of ether oxygens (including phenoxy) is 1. The van der Waals surface area contributed by atoms with Crippen LogP contribution in [0.15, 0.2) is 36.8 Å². The quantitative estimate of drug-likeness (QED) is 0.879. The fourth-order valence-corrected chi connectivity index (χ4v) is 2.54. The summed E-state index contributed by atoms with van der Waals surface area (Å²) in [4.78, 5) is 8.30. The molecular formula is C15H16ClN3O. The van der Waals surface area contributed by atoms with Crippen LogP contribution in [-0.2, 0) is 0 Å². The molecule has 5 heteroatoms. The Labute approximate surface area is 123 Å². The number of nitrogens with zero attached hydrogens (tertiary/aromatic N) is 2. The van der Waals surface area contributed by atoms with Crippen LogP contribution in [0.3, 0.4) is 0 Å². The van der Waals surface area contributed by atoms with Crippen molar-refractivity contribution in [3.63, 3.8) is 0 Å². The van der Waals surface area contributed by atoms with Crippen molar-refractivity contribution in [1.82, 2.24) is 15.3 Å².